The lowest BCUT2D eigenvalue weighted by Gasteiger charge is -2.37. The number of carbonyl (C=O) groups is 1. The Bertz CT molecular complexity index is 1050. The van der Waals surface area contributed by atoms with Crippen molar-refractivity contribution in [2.24, 2.45) is 5.73 Å². The standard InChI is InChI=1S/C22H24N4O2/c1-13-4-5-17(21(23)27)9-20(13)16-6-7-19-18(8-16)10-24-25-22(19)26-11-15(3)28-12-14(26)2/h4-10,14-15H,11-12H2,1-3H3,(H2,23,27). The second-order valence-electron chi connectivity index (χ2n) is 7.51. The van der Waals surface area contributed by atoms with Crippen LogP contribution in [0.3, 0.4) is 0 Å². The number of nitrogens with zero attached hydrogens (tertiary/aromatic N) is 3. The SMILES string of the molecule is Cc1ccc(C(N)=O)cc1-c1ccc2c(N3CC(C)OCC3C)nncc2c1. The molecule has 1 aromatic heterocycles. The normalized spacial score (nSPS) is 19.8. The highest BCUT2D eigenvalue weighted by Crippen LogP contribution is 2.32. The number of aryl methyl sites for hydroxylation is 1. The highest BCUT2D eigenvalue weighted by molar-refractivity contribution is 5.97. The Balaban J connectivity index is 1.79. The van der Waals surface area contributed by atoms with Crippen molar-refractivity contribution in [3.63, 3.8) is 0 Å². The van der Waals surface area contributed by atoms with Crippen LogP contribution in [0, 0.1) is 6.92 Å². The van der Waals surface area contributed by atoms with Gasteiger partial charge in [-0.1, -0.05) is 12.1 Å². The minimum Gasteiger partial charge on any atom is -0.375 e. The average Bonchev–Trinajstić information content (AvgIpc) is 2.69. The first-order chi connectivity index (χ1) is 13.4. The number of carbonyl (C=O) groups excluding carboxylic acids is 1. The van der Waals surface area contributed by atoms with Crippen LogP contribution in [0.2, 0.25) is 0 Å². The minimum atomic E-state index is -0.425. The molecule has 144 valence electrons. The number of hydrogen-bond donors (Lipinski definition) is 1. The maximum absolute atomic E-state index is 11.6. The second-order valence-corrected chi connectivity index (χ2v) is 7.51. The van der Waals surface area contributed by atoms with Crippen LogP contribution in [-0.4, -0.2) is 41.4 Å². The Morgan fingerprint density at radius 2 is 2.04 bits per heavy atom. The lowest BCUT2D eigenvalue weighted by atomic mass is 9.96. The first kappa shape index (κ1) is 18.4. The lowest BCUT2D eigenvalue weighted by Crippen LogP contribution is -2.48. The summed E-state index contributed by atoms with van der Waals surface area (Å²) in [7, 11) is 0. The molecule has 1 amide bonds. The number of nitrogens with two attached hydrogens (primary N) is 1. The Morgan fingerprint density at radius 3 is 2.82 bits per heavy atom. The molecule has 6 nitrogen and oxygen atoms in total. The number of hydrogen-bond acceptors (Lipinski definition) is 5. The summed E-state index contributed by atoms with van der Waals surface area (Å²) in [6.07, 6.45) is 1.94. The molecule has 28 heavy (non-hydrogen) atoms. The molecule has 2 aromatic carbocycles. The molecule has 1 saturated heterocycles. The van der Waals surface area contributed by atoms with Crippen LogP contribution in [-0.2, 0) is 4.74 Å². The highest BCUT2D eigenvalue weighted by Gasteiger charge is 2.26. The zero-order valence-corrected chi connectivity index (χ0v) is 16.3. The first-order valence-electron chi connectivity index (χ1n) is 9.48. The quantitative estimate of drug-likeness (QED) is 0.758. The fraction of sp³-hybridized carbons (Fsp3) is 0.318. The van der Waals surface area contributed by atoms with Crippen LogP contribution < -0.4 is 10.6 Å². The number of amides is 1. The number of fused-ring (bicyclic) bond motifs is 1. The Labute approximate surface area is 164 Å². The van der Waals surface area contributed by atoms with E-state index in [1.807, 2.05) is 19.1 Å². The maximum atomic E-state index is 11.6. The van der Waals surface area contributed by atoms with E-state index in [0.29, 0.717) is 12.2 Å². The second kappa shape index (κ2) is 7.20. The van der Waals surface area contributed by atoms with E-state index in [1.54, 1.807) is 12.3 Å². The van der Waals surface area contributed by atoms with Crippen molar-refractivity contribution in [2.75, 3.05) is 18.1 Å². The van der Waals surface area contributed by atoms with Crippen LogP contribution >= 0.6 is 0 Å². The zero-order chi connectivity index (χ0) is 19.8. The number of ether oxygens (including phenoxy) is 1. The third-order valence-corrected chi connectivity index (χ3v) is 5.35. The van der Waals surface area contributed by atoms with Crippen molar-refractivity contribution >= 4 is 22.5 Å². The molecular weight excluding hydrogens is 352 g/mol. The fourth-order valence-corrected chi connectivity index (χ4v) is 3.74. The van der Waals surface area contributed by atoms with E-state index >= 15 is 0 Å². The van der Waals surface area contributed by atoms with Gasteiger partial charge in [0, 0.05) is 22.9 Å². The molecule has 1 aliphatic heterocycles. The van der Waals surface area contributed by atoms with Crippen LogP contribution in [0.5, 0.6) is 0 Å². The van der Waals surface area contributed by atoms with Crippen molar-refractivity contribution in [3.8, 4) is 11.1 Å². The monoisotopic (exact) mass is 376 g/mol. The molecular formula is C22H24N4O2. The summed E-state index contributed by atoms with van der Waals surface area (Å²) in [4.78, 5) is 13.8. The van der Waals surface area contributed by atoms with Gasteiger partial charge in [-0.15, -0.1) is 5.10 Å². The third-order valence-electron chi connectivity index (χ3n) is 5.35. The molecule has 1 fully saturated rings. The molecule has 0 radical (unpaired) electrons. The van der Waals surface area contributed by atoms with E-state index in [0.717, 1.165) is 39.8 Å². The van der Waals surface area contributed by atoms with Gasteiger partial charge in [0.25, 0.3) is 0 Å². The molecule has 3 aromatic rings. The van der Waals surface area contributed by atoms with Crippen LogP contribution in [0.4, 0.5) is 5.82 Å². The Morgan fingerprint density at radius 1 is 1.21 bits per heavy atom. The molecule has 2 atom stereocenters. The maximum Gasteiger partial charge on any atom is 0.248 e. The Hall–Kier alpha value is -2.99. The molecule has 4 rings (SSSR count). The van der Waals surface area contributed by atoms with E-state index in [4.69, 9.17) is 10.5 Å². The molecule has 0 bridgehead atoms. The van der Waals surface area contributed by atoms with Gasteiger partial charge in [-0.2, -0.15) is 5.10 Å². The molecule has 1 aliphatic rings. The molecule has 2 N–H and O–H groups in total. The number of benzene rings is 2. The van der Waals surface area contributed by atoms with Gasteiger partial charge in [0.15, 0.2) is 5.82 Å². The number of aromatic nitrogens is 2. The summed E-state index contributed by atoms with van der Waals surface area (Å²) < 4.78 is 5.75. The summed E-state index contributed by atoms with van der Waals surface area (Å²) in [5, 5.41) is 10.7. The molecule has 0 saturated carbocycles. The van der Waals surface area contributed by atoms with Gasteiger partial charge in [-0.25, -0.2) is 0 Å². The molecule has 6 heteroatoms. The zero-order valence-electron chi connectivity index (χ0n) is 16.3. The van der Waals surface area contributed by atoms with Crippen molar-refractivity contribution < 1.29 is 9.53 Å². The minimum absolute atomic E-state index is 0.159. The van der Waals surface area contributed by atoms with Crippen LogP contribution in [0.15, 0.2) is 42.6 Å². The lowest BCUT2D eigenvalue weighted by molar-refractivity contribution is 0.0341. The summed E-state index contributed by atoms with van der Waals surface area (Å²) in [5.41, 5.74) is 9.06. The van der Waals surface area contributed by atoms with Gasteiger partial charge in [-0.3, -0.25) is 4.79 Å². The number of primary amides is 1. The molecule has 2 heterocycles. The van der Waals surface area contributed by atoms with Gasteiger partial charge >= 0.3 is 0 Å². The van der Waals surface area contributed by atoms with Gasteiger partial charge in [0.1, 0.15) is 0 Å². The number of morpholine rings is 1. The summed E-state index contributed by atoms with van der Waals surface area (Å²) in [6, 6.07) is 12.0. The van der Waals surface area contributed by atoms with Gasteiger partial charge in [0.05, 0.1) is 24.9 Å². The topological polar surface area (TPSA) is 81.3 Å². The third kappa shape index (κ3) is 3.31. The van der Waals surface area contributed by atoms with Crippen molar-refractivity contribution in [3.05, 3.63) is 53.7 Å². The summed E-state index contributed by atoms with van der Waals surface area (Å²) >= 11 is 0. The summed E-state index contributed by atoms with van der Waals surface area (Å²) in [6.45, 7) is 7.70. The van der Waals surface area contributed by atoms with Crippen molar-refractivity contribution in [2.45, 2.75) is 32.9 Å². The van der Waals surface area contributed by atoms with Gasteiger partial charge < -0.3 is 15.4 Å². The van der Waals surface area contributed by atoms with E-state index in [9.17, 15) is 4.79 Å². The molecule has 2 unspecified atom stereocenters. The predicted octanol–water partition coefficient (Wildman–Crippen LogP) is 3.32. The summed E-state index contributed by atoms with van der Waals surface area (Å²) in [5.74, 6) is 0.458. The van der Waals surface area contributed by atoms with Gasteiger partial charge in [-0.05, 0) is 61.7 Å². The predicted molar refractivity (Wildman–Crippen MR) is 110 cm³/mol. The van der Waals surface area contributed by atoms with Crippen LogP contribution in [0.25, 0.3) is 21.9 Å². The van der Waals surface area contributed by atoms with E-state index < -0.39 is 5.91 Å². The van der Waals surface area contributed by atoms with E-state index in [2.05, 4.69) is 47.1 Å². The van der Waals surface area contributed by atoms with E-state index in [1.165, 1.54) is 0 Å². The number of rotatable bonds is 3. The molecule has 0 spiro atoms. The van der Waals surface area contributed by atoms with Crippen molar-refractivity contribution in [1.82, 2.24) is 10.2 Å². The van der Waals surface area contributed by atoms with E-state index in [-0.39, 0.29) is 12.1 Å². The number of anilines is 1. The first-order valence-corrected chi connectivity index (χ1v) is 9.48. The van der Waals surface area contributed by atoms with Crippen LogP contribution in [0.1, 0.15) is 29.8 Å². The highest BCUT2D eigenvalue weighted by atomic mass is 16.5. The fourth-order valence-electron chi connectivity index (χ4n) is 3.74. The Kier molecular flexibility index (Phi) is 4.73. The average molecular weight is 376 g/mol. The van der Waals surface area contributed by atoms with Crippen molar-refractivity contribution in [1.29, 1.82) is 0 Å². The van der Waals surface area contributed by atoms with Gasteiger partial charge in [0.2, 0.25) is 5.91 Å². The largest absolute Gasteiger partial charge is 0.375 e. The smallest absolute Gasteiger partial charge is 0.248 e. The molecule has 0 aliphatic carbocycles.